The van der Waals surface area contributed by atoms with Crippen LogP contribution in [0.3, 0.4) is 0 Å². The van der Waals surface area contributed by atoms with Crippen molar-refractivity contribution in [3.8, 4) is 0 Å². The second-order valence-electron chi connectivity index (χ2n) is 6.46. The molecule has 3 aliphatic heterocycles. The van der Waals surface area contributed by atoms with Crippen molar-refractivity contribution in [1.29, 1.82) is 0 Å². The number of epoxide rings is 3. The number of hydrogen-bond donors (Lipinski definition) is 0. The van der Waals surface area contributed by atoms with Crippen molar-refractivity contribution in [2.24, 2.45) is 0 Å². The van der Waals surface area contributed by atoms with Gasteiger partial charge in [0.05, 0.1) is 38.1 Å². The summed E-state index contributed by atoms with van der Waals surface area (Å²) in [4.78, 5) is 0. The molecule has 0 spiro atoms. The van der Waals surface area contributed by atoms with E-state index in [9.17, 15) is 10.2 Å². The molecule has 0 unspecified atom stereocenters. The first-order valence-electron chi connectivity index (χ1n) is 10.2. The van der Waals surface area contributed by atoms with Gasteiger partial charge in [-0.05, 0) is 19.3 Å². The Morgan fingerprint density at radius 2 is 0.889 bits per heavy atom. The molecule has 0 aromatic rings. The molecule has 0 N–H and O–H groups in total. The first kappa shape index (κ1) is 29.6. The summed E-state index contributed by atoms with van der Waals surface area (Å²) in [5.41, 5.74) is 0. The van der Waals surface area contributed by atoms with E-state index in [1.54, 1.807) is 0 Å². The summed E-state index contributed by atoms with van der Waals surface area (Å²) >= 11 is 10.3. The normalized spacial score (nSPS) is 25.4. The third-order valence-electron chi connectivity index (χ3n) is 3.83. The molecule has 0 aromatic heterocycles. The lowest BCUT2D eigenvalue weighted by atomic mass is 10.3. The summed E-state index contributed by atoms with van der Waals surface area (Å²) in [6.07, 6.45) is 5.67. The molecule has 3 aliphatic rings. The van der Waals surface area contributed by atoms with E-state index in [0.29, 0.717) is 31.2 Å². The zero-order valence-corrected chi connectivity index (χ0v) is 19.3. The Morgan fingerprint density at radius 3 is 0.889 bits per heavy atom. The molecule has 3 rings (SSSR count). The third kappa shape index (κ3) is 28.7. The van der Waals surface area contributed by atoms with Gasteiger partial charge in [-0.1, -0.05) is 47.5 Å². The fourth-order valence-corrected chi connectivity index (χ4v) is 1.57. The van der Waals surface area contributed by atoms with Gasteiger partial charge < -0.3 is 24.4 Å². The molecular formula is C20H40Cl2O5-2. The number of ether oxygens (including phenoxy) is 3. The van der Waals surface area contributed by atoms with Crippen molar-refractivity contribution in [2.75, 3.05) is 31.6 Å². The summed E-state index contributed by atoms with van der Waals surface area (Å²) in [6, 6.07) is 0. The average molecular weight is 431 g/mol. The molecule has 0 bridgehead atoms. The molecule has 0 saturated carbocycles. The second-order valence-corrected chi connectivity index (χ2v) is 7.08. The van der Waals surface area contributed by atoms with Gasteiger partial charge >= 0.3 is 0 Å². The zero-order chi connectivity index (χ0) is 21.1. The number of rotatable bonds is 7. The van der Waals surface area contributed by atoms with E-state index >= 15 is 0 Å². The number of alkyl halides is 2. The predicted octanol–water partition coefficient (Wildman–Crippen LogP) is 3.11. The molecule has 5 nitrogen and oxygen atoms in total. The minimum Gasteiger partial charge on any atom is -0.851 e. The van der Waals surface area contributed by atoms with Gasteiger partial charge in [-0.15, -0.1) is 35.4 Å². The first-order chi connectivity index (χ1) is 12.9. The Kier molecular flexibility index (Phi) is 23.1. The Bertz CT molecular complexity index is 239. The van der Waals surface area contributed by atoms with E-state index < -0.39 is 12.2 Å². The van der Waals surface area contributed by atoms with Gasteiger partial charge in [0, 0.05) is 11.8 Å². The summed E-state index contributed by atoms with van der Waals surface area (Å²) < 4.78 is 14.6. The van der Waals surface area contributed by atoms with Gasteiger partial charge in [-0.3, -0.25) is 0 Å². The van der Waals surface area contributed by atoms with Crippen LogP contribution in [-0.2, 0) is 14.2 Å². The van der Waals surface area contributed by atoms with E-state index in [1.807, 2.05) is 13.8 Å². The Labute approximate surface area is 176 Å². The standard InChI is InChI=1S/2C4H8ClO.3C4H8O/c2*1-2-4(6)3-5;3*1-2-4-3-5-4/h2*4H,2-3H2,1H3;3*4H,2-3H2,1H3/q2*-1;;;/t5*4-/m00110/s1. The Morgan fingerprint density at radius 1 is 0.667 bits per heavy atom. The van der Waals surface area contributed by atoms with Gasteiger partial charge in [0.2, 0.25) is 0 Å². The molecule has 0 amide bonds. The quantitative estimate of drug-likeness (QED) is 0.457. The third-order valence-corrected chi connectivity index (χ3v) is 4.52. The van der Waals surface area contributed by atoms with Crippen molar-refractivity contribution in [2.45, 2.75) is 97.2 Å². The summed E-state index contributed by atoms with van der Waals surface area (Å²) in [5.74, 6) is 0.493. The van der Waals surface area contributed by atoms with E-state index in [1.165, 1.54) is 19.3 Å². The van der Waals surface area contributed by atoms with Crippen molar-refractivity contribution >= 4 is 23.2 Å². The van der Waals surface area contributed by atoms with Gasteiger partial charge in [-0.25, -0.2) is 0 Å². The van der Waals surface area contributed by atoms with Crippen molar-refractivity contribution < 1.29 is 24.4 Å². The lowest BCUT2D eigenvalue weighted by Crippen LogP contribution is -2.25. The van der Waals surface area contributed by atoms with Gasteiger partial charge in [-0.2, -0.15) is 0 Å². The largest absolute Gasteiger partial charge is 0.851 e. The molecule has 7 heteroatoms. The maximum absolute atomic E-state index is 10.1. The maximum Gasteiger partial charge on any atom is 0.0807 e. The molecular weight excluding hydrogens is 391 g/mol. The zero-order valence-electron chi connectivity index (χ0n) is 17.8. The van der Waals surface area contributed by atoms with E-state index in [4.69, 9.17) is 37.4 Å². The smallest absolute Gasteiger partial charge is 0.0807 e. The monoisotopic (exact) mass is 430 g/mol. The fraction of sp³-hybridized carbons (Fsp3) is 1.00. The summed E-state index contributed by atoms with van der Waals surface area (Å²) in [6.45, 7) is 13.1. The van der Waals surface area contributed by atoms with Crippen LogP contribution in [0.5, 0.6) is 0 Å². The number of hydrogen-bond acceptors (Lipinski definition) is 5. The van der Waals surface area contributed by atoms with Crippen molar-refractivity contribution in [1.82, 2.24) is 0 Å². The van der Waals surface area contributed by atoms with Crippen LogP contribution in [0.4, 0.5) is 0 Å². The molecule has 3 saturated heterocycles. The van der Waals surface area contributed by atoms with E-state index in [2.05, 4.69) is 20.8 Å². The molecule has 166 valence electrons. The average Bonchev–Trinajstić information content (AvgIpc) is 3.58. The van der Waals surface area contributed by atoms with Crippen LogP contribution < -0.4 is 10.2 Å². The van der Waals surface area contributed by atoms with Crippen LogP contribution in [0.2, 0.25) is 0 Å². The lowest BCUT2D eigenvalue weighted by Gasteiger charge is -2.13. The predicted molar refractivity (Wildman–Crippen MR) is 110 cm³/mol. The molecule has 0 aliphatic carbocycles. The highest BCUT2D eigenvalue weighted by Gasteiger charge is 2.19. The Hall–Kier alpha value is 0.380. The van der Waals surface area contributed by atoms with Gasteiger partial charge in [0.1, 0.15) is 0 Å². The molecule has 0 radical (unpaired) electrons. The van der Waals surface area contributed by atoms with Crippen LogP contribution >= 0.6 is 23.2 Å². The highest BCUT2D eigenvalue weighted by atomic mass is 35.5. The van der Waals surface area contributed by atoms with Crippen molar-refractivity contribution in [3.05, 3.63) is 0 Å². The van der Waals surface area contributed by atoms with Gasteiger partial charge in [0.25, 0.3) is 0 Å². The number of halogens is 2. The van der Waals surface area contributed by atoms with E-state index in [0.717, 1.165) is 19.8 Å². The van der Waals surface area contributed by atoms with Crippen LogP contribution in [0.25, 0.3) is 0 Å². The van der Waals surface area contributed by atoms with Gasteiger partial charge in [0.15, 0.2) is 0 Å². The van der Waals surface area contributed by atoms with Crippen LogP contribution in [0.1, 0.15) is 66.7 Å². The minimum absolute atomic E-state index is 0.247. The maximum atomic E-state index is 10.1. The molecule has 3 fully saturated rings. The minimum atomic E-state index is -0.549. The second kappa shape index (κ2) is 21.1. The molecule has 27 heavy (non-hydrogen) atoms. The lowest BCUT2D eigenvalue weighted by molar-refractivity contribution is -0.413. The SMILES string of the molecule is CC[C@@H]1CO1.CC[C@@H]1CO1.CC[C@H]([O-])CCl.CC[C@H]([O-])CCl.CC[C@H]1CO1. The molecule has 0 aromatic carbocycles. The topological polar surface area (TPSA) is 83.7 Å². The van der Waals surface area contributed by atoms with E-state index in [-0.39, 0.29) is 11.8 Å². The highest BCUT2D eigenvalue weighted by Crippen LogP contribution is 2.11. The Balaban J connectivity index is 0. The van der Waals surface area contributed by atoms with Crippen LogP contribution in [0, 0.1) is 0 Å². The fourth-order valence-electron chi connectivity index (χ4n) is 1.13. The summed E-state index contributed by atoms with van der Waals surface area (Å²) in [5, 5.41) is 20.3. The molecule has 3 heterocycles. The van der Waals surface area contributed by atoms with Crippen molar-refractivity contribution in [3.63, 3.8) is 0 Å². The van der Waals surface area contributed by atoms with Crippen LogP contribution in [-0.4, -0.2) is 62.1 Å². The molecule has 5 atom stereocenters. The highest BCUT2D eigenvalue weighted by molar-refractivity contribution is 6.18. The first-order valence-corrected chi connectivity index (χ1v) is 11.3. The summed E-state index contributed by atoms with van der Waals surface area (Å²) in [7, 11) is 0. The van der Waals surface area contributed by atoms with Crippen LogP contribution in [0.15, 0.2) is 0 Å².